The van der Waals surface area contributed by atoms with Crippen molar-refractivity contribution in [1.29, 1.82) is 0 Å². The summed E-state index contributed by atoms with van der Waals surface area (Å²) in [7, 11) is 0. The quantitative estimate of drug-likeness (QED) is 0.732. The van der Waals surface area contributed by atoms with E-state index in [1.54, 1.807) is 0 Å². The average molecular weight is 221 g/mol. The minimum absolute atomic E-state index is 0.734. The van der Waals surface area contributed by atoms with Gasteiger partial charge in [0.15, 0.2) is 11.8 Å². The fourth-order valence-corrected chi connectivity index (χ4v) is 2.07. The Morgan fingerprint density at radius 2 is 1.47 bits per heavy atom. The summed E-state index contributed by atoms with van der Waals surface area (Å²) in [5, 5.41) is 0. The highest BCUT2D eigenvalue weighted by Crippen LogP contribution is 2.40. The number of aliphatic imine (C=N–C) groups is 1. The highest BCUT2D eigenvalue weighted by Gasteiger charge is 2.49. The summed E-state index contributed by atoms with van der Waals surface area (Å²) in [6, 6.07) is 19.5. The van der Waals surface area contributed by atoms with Gasteiger partial charge in [0.05, 0.1) is 5.71 Å². The SMILES string of the molecule is O=CC1(c2ccccc2)N=C1c1ccccc1. The van der Waals surface area contributed by atoms with Crippen LogP contribution in [-0.4, -0.2) is 12.0 Å². The molecule has 1 heterocycles. The van der Waals surface area contributed by atoms with Gasteiger partial charge in [0.25, 0.3) is 0 Å². The van der Waals surface area contributed by atoms with Crippen molar-refractivity contribution in [3.63, 3.8) is 0 Å². The van der Waals surface area contributed by atoms with Gasteiger partial charge in [-0.2, -0.15) is 0 Å². The zero-order valence-electron chi connectivity index (χ0n) is 9.21. The van der Waals surface area contributed by atoms with Gasteiger partial charge in [-0.3, -0.25) is 9.79 Å². The molecule has 3 rings (SSSR count). The average Bonchev–Trinajstić information content (AvgIpc) is 3.17. The predicted octanol–water partition coefficient (Wildman–Crippen LogP) is 2.58. The Balaban J connectivity index is 1.98. The van der Waals surface area contributed by atoms with Crippen LogP contribution in [0.15, 0.2) is 65.7 Å². The van der Waals surface area contributed by atoms with Crippen LogP contribution in [0.2, 0.25) is 0 Å². The summed E-state index contributed by atoms with van der Waals surface area (Å²) in [6.45, 7) is 0. The Labute approximate surface area is 99.6 Å². The van der Waals surface area contributed by atoms with Crippen LogP contribution in [0.25, 0.3) is 0 Å². The van der Waals surface area contributed by atoms with E-state index in [0.29, 0.717) is 0 Å². The zero-order chi connectivity index (χ0) is 11.7. The number of nitrogens with zero attached hydrogens (tertiary/aromatic N) is 1. The van der Waals surface area contributed by atoms with E-state index in [1.165, 1.54) is 0 Å². The first kappa shape index (κ1) is 9.97. The van der Waals surface area contributed by atoms with E-state index in [9.17, 15) is 4.79 Å². The number of carbonyl (C=O) groups is 1. The topological polar surface area (TPSA) is 29.4 Å². The Kier molecular flexibility index (Phi) is 2.15. The first-order valence-corrected chi connectivity index (χ1v) is 5.54. The summed E-state index contributed by atoms with van der Waals surface area (Å²) in [5.41, 5.74) is 2.08. The summed E-state index contributed by atoms with van der Waals surface area (Å²) >= 11 is 0. The summed E-state index contributed by atoms with van der Waals surface area (Å²) in [6.07, 6.45) is 0.921. The van der Waals surface area contributed by atoms with Crippen molar-refractivity contribution < 1.29 is 4.79 Å². The number of benzene rings is 2. The lowest BCUT2D eigenvalue weighted by Gasteiger charge is -2.07. The molecule has 1 aliphatic heterocycles. The smallest absolute Gasteiger partial charge is 0.183 e. The Morgan fingerprint density at radius 1 is 0.882 bits per heavy atom. The molecule has 0 aliphatic carbocycles. The fraction of sp³-hybridized carbons (Fsp3) is 0.0667. The molecule has 17 heavy (non-hydrogen) atoms. The van der Waals surface area contributed by atoms with E-state index in [2.05, 4.69) is 4.99 Å². The van der Waals surface area contributed by atoms with Gasteiger partial charge in [-0.25, -0.2) is 0 Å². The first-order valence-electron chi connectivity index (χ1n) is 5.54. The molecule has 0 spiro atoms. The van der Waals surface area contributed by atoms with Crippen molar-refractivity contribution in [2.75, 3.05) is 0 Å². The standard InChI is InChI=1S/C15H11NO/c17-11-15(13-9-5-2-6-10-13)14(16-15)12-7-3-1-4-8-12/h1-11H. The van der Waals surface area contributed by atoms with Crippen LogP contribution >= 0.6 is 0 Å². The third kappa shape index (κ3) is 1.49. The molecular weight excluding hydrogens is 210 g/mol. The molecule has 2 aromatic rings. The maximum Gasteiger partial charge on any atom is 0.183 e. The van der Waals surface area contributed by atoms with Crippen LogP contribution in [0.1, 0.15) is 11.1 Å². The number of rotatable bonds is 3. The molecule has 0 fully saturated rings. The van der Waals surface area contributed by atoms with E-state index < -0.39 is 5.54 Å². The van der Waals surface area contributed by atoms with Gasteiger partial charge in [0.2, 0.25) is 0 Å². The highest BCUT2D eigenvalue weighted by molar-refractivity contribution is 6.26. The minimum atomic E-state index is -0.734. The molecule has 0 aromatic heterocycles. The molecule has 1 unspecified atom stereocenters. The predicted molar refractivity (Wildman–Crippen MR) is 67.2 cm³/mol. The lowest BCUT2D eigenvalue weighted by molar-refractivity contribution is -0.109. The largest absolute Gasteiger partial charge is 0.300 e. The molecule has 0 radical (unpaired) electrons. The van der Waals surface area contributed by atoms with Gasteiger partial charge in [0, 0.05) is 0 Å². The maximum absolute atomic E-state index is 11.4. The van der Waals surface area contributed by atoms with E-state index in [-0.39, 0.29) is 0 Å². The van der Waals surface area contributed by atoms with Gasteiger partial charge in [-0.15, -0.1) is 0 Å². The van der Waals surface area contributed by atoms with Crippen molar-refractivity contribution in [2.45, 2.75) is 5.54 Å². The monoisotopic (exact) mass is 221 g/mol. The van der Waals surface area contributed by atoms with Crippen molar-refractivity contribution in [3.8, 4) is 0 Å². The van der Waals surface area contributed by atoms with Crippen molar-refractivity contribution in [1.82, 2.24) is 0 Å². The molecular formula is C15H11NO. The zero-order valence-corrected chi connectivity index (χ0v) is 9.21. The van der Waals surface area contributed by atoms with Crippen LogP contribution in [0, 0.1) is 0 Å². The molecule has 0 amide bonds. The molecule has 2 nitrogen and oxygen atoms in total. The Hall–Kier alpha value is -2.22. The fourth-order valence-electron chi connectivity index (χ4n) is 2.07. The second-order valence-corrected chi connectivity index (χ2v) is 4.08. The lowest BCUT2D eigenvalue weighted by Crippen LogP contribution is -2.18. The van der Waals surface area contributed by atoms with E-state index >= 15 is 0 Å². The van der Waals surface area contributed by atoms with Gasteiger partial charge >= 0.3 is 0 Å². The number of aldehydes is 1. The molecule has 82 valence electrons. The molecule has 2 heteroatoms. The Bertz CT molecular complexity index is 574. The number of carbonyl (C=O) groups excluding carboxylic acids is 1. The molecule has 0 bridgehead atoms. The lowest BCUT2D eigenvalue weighted by atomic mass is 9.92. The third-order valence-electron chi connectivity index (χ3n) is 3.03. The molecule has 1 aliphatic rings. The number of hydrogen-bond donors (Lipinski definition) is 0. The molecule has 0 saturated heterocycles. The van der Waals surface area contributed by atoms with Gasteiger partial charge in [0.1, 0.15) is 0 Å². The minimum Gasteiger partial charge on any atom is -0.300 e. The van der Waals surface area contributed by atoms with Crippen molar-refractivity contribution in [3.05, 3.63) is 71.8 Å². The van der Waals surface area contributed by atoms with E-state index in [4.69, 9.17) is 0 Å². The normalized spacial score (nSPS) is 21.8. The molecule has 2 aromatic carbocycles. The van der Waals surface area contributed by atoms with Crippen LogP contribution in [0.4, 0.5) is 0 Å². The van der Waals surface area contributed by atoms with Crippen molar-refractivity contribution >= 4 is 12.0 Å². The summed E-state index contributed by atoms with van der Waals surface area (Å²) < 4.78 is 0. The molecule has 0 N–H and O–H groups in total. The van der Waals surface area contributed by atoms with Gasteiger partial charge in [-0.1, -0.05) is 60.7 Å². The van der Waals surface area contributed by atoms with Crippen LogP contribution in [-0.2, 0) is 10.3 Å². The van der Waals surface area contributed by atoms with Gasteiger partial charge in [-0.05, 0) is 11.1 Å². The molecule has 0 saturated carbocycles. The third-order valence-corrected chi connectivity index (χ3v) is 3.03. The van der Waals surface area contributed by atoms with Gasteiger partial charge < -0.3 is 0 Å². The van der Waals surface area contributed by atoms with Crippen LogP contribution in [0.5, 0.6) is 0 Å². The first-order chi connectivity index (χ1) is 8.37. The van der Waals surface area contributed by atoms with Crippen LogP contribution < -0.4 is 0 Å². The van der Waals surface area contributed by atoms with Crippen molar-refractivity contribution in [2.24, 2.45) is 4.99 Å². The highest BCUT2D eigenvalue weighted by atomic mass is 16.1. The number of hydrogen-bond acceptors (Lipinski definition) is 2. The van der Waals surface area contributed by atoms with E-state index in [0.717, 1.165) is 23.1 Å². The van der Waals surface area contributed by atoms with E-state index in [1.807, 2.05) is 60.7 Å². The second-order valence-electron chi connectivity index (χ2n) is 4.08. The molecule has 1 atom stereocenters. The maximum atomic E-state index is 11.4. The second kappa shape index (κ2) is 3.67. The Morgan fingerprint density at radius 3 is 2.06 bits per heavy atom. The summed E-state index contributed by atoms with van der Waals surface area (Å²) in [4.78, 5) is 15.8. The van der Waals surface area contributed by atoms with Crippen LogP contribution in [0.3, 0.4) is 0 Å². The summed E-state index contributed by atoms with van der Waals surface area (Å²) in [5.74, 6) is 0.